The standard InChI is InChI=1S/C15H17N3O6/c1-15(2,3)24-14(21)17-12(13(19)20)6-4-5-10-7-8-11(9-16-10)18(22)23/h7-9,12H,6H2,1-3H3,(H,17,21)(H,19,20). The molecule has 0 saturated carbocycles. The molecular formula is C15H17N3O6. The van der Waals surface area contributed by atoms with E-state index in [1.165, 1.54) is 12.1 Å². The van der Waals surface area contributed by atoms with Crippen molar-refractivity contribution in [2.24, 2.45) is 0 Å². The first kappa shape index (κ1) is 18.9. The monoisotopic (exact) mass is 335 g/mol. The number of ether oxygens (including phenoxy) is 1. The number of hydrogen-bond donors (Lipinski definition) is 2. The van der Waals surface area contributed by atoms with Crippen LogP contribution in [0.15, 0.2) is 18.3 Å². The van der Waals surface area contributed by atoms with Gasteiger partial charge in [0.25, 0.3) is 5.69 Å². The fourth-order valence-electron chi connectivity index (χ4n) is 1.46. The highest BCUT2D eigenvalue weighted by molar-refractivity contribution is 5.80. The summed E-state index contributed by atoms with van der Waals surface area (Å²) in [6.45, 7) is 4.97. The zero-order chi connectivity index (χ0) is 18.3. The zero-order valence-corrected chi connectivity index (χ0v) is 13.4. The Morgan fingerprint density at radius 3 is 2.58 bits per heavy atom. The van der Waals surface area contributed by atoms with E-state index in [0.29, 0.717) is 0 Å². The van der Waals surface area contributed by atoms with E-state index in [0.717, 1.165) is 6.20 Å². The maximum absolute atomic E-state index is 11.6. The van der Waals surface area contributed by atoms with Crippen LogP contribution in [-0.4, -0.2) is 38.7 Å². The number of rotatable bonds is 4. The molecule has 0 aliphatic heterocycles. The third kappa shape index (κ3) is 6.74. The molecule has 9 nitrogen and oxygen atoms in total. The average molecular weight is 335 g/mol. The van der Waals surface area contributed by atoms with Gasteiger partial charge in [0.15, 0.2) is 0 Å². The molecule has 1 atom stereocenters. The summed E-state index contributed by atoms with van der Waals surface area (Å²) < 4.78 is 4.98. The predicted octanol–water partition coefficient (Wildman–Crippen LogP) is 1.71. The Hall–Kier alpha value is -3.15. The Morgan fingerprint density at radius 2 is 2.12 bits per heavy atom. The van der Waals surface area contributed by atoms with Crippen LogP contribution in [0.1, 0.15) is 32.9 Å². The number of carboxylic acids is 1. The molecule has 0 aliphatic carbocycles. The number of carboxylic acid groups (broad SMARTS) is 1. The normalized spacial score (nSPS) is 11.6. The van der Waals surface area contributed by atoms with Gasteiger partial charge in [-0.3, -0.25) is 10.1 Å². The van der Waals surface area contributed by atoms with Gasteiger partial charge in [-0.1, -0.05) is 5.92 Å². The van der Waals surface area contributed by atoms with Gasteiger partial charge in [0.2, 0.25) is 0 Å². The van der Waals surface area contributed by atoms with E-state index in [1.807, 2.05) is 0 Å². The molecule has 2 N–H and O–H groups in total. The van der Waals surface area contributed by atoms with E-state index in [9.17, 15) is 19.7 Å². The molecule has 0 fully saturated rings. The van der Waals surface area contributed by atoms with Crippen LogP contribution in [0.25, 0.3) is 0 Å². The molecule has 1 heterocycles. The Balaban J connectivity index is 2.69. The first-order chi connectivity index (χ1) is 11.1. The SMILES string of the molecule is CC(C)(C)OC(=O)NC(CC#Cc1ccc([N+](=O)[O-])cn1)C(=O)O. The third-order valence-electron chi connectivity index (χ3n) is 2.47. The molecule has 1 amide bonds. The van der Waals surface area contributed by atoms with Crippen LogP contribution in [0, 0.1) is 22.0 Å². The van der Waals surface area contributed by atoms with E-state index in [4.69, 9.17) is 9.84 Å². The summed E-state index contributed by atoms with van der Waals surface area (Å²) in [5.74, 6) is 3.89. The van der Waals surface area contributed by atoms with Gasteiger partial charge in [-0.2, -0.15) is 0 Å². The molecule has 1 unspecified atom stereocenters. The van der Waals surface area contributed by atoms with Crippen molar-refractivity contribution in [1.29, 1.82) is 0 Å². The fourth-order valence-corrected chi connectivity index (χ4v) is 1.46. The van der Waals surface area contributed by atoms with Gasteiger partial charge in [-0.15, -0.1) is 0 Å². The molecule has 0 aromatic carbocycles. The minimum Gasteiger partial charge on any atom is -0.480 e. The van der Waals surface area contributed by atoms with Crippen LogP contribution in [0.5, 0.6) is 0 Å². The van der Waals surface area contributed by atoms with Crippen LogP contribution in [0.2, 0.25) is 0 Å². The van der Waals surface area contributed by atoms with Crippen LogP contribution < -0.4 is 5.32 Å². The second-order valence-corrected chi connectivity index (χ2v) is 5.70. The van der Waals surface area contributed by atoms with Gasteiger partial charge in [0.1, 0.15) is 23.5 Å². The summed E-state index contributed by atoms with van der Waals surface area (Å²) in [5, 5.41) is 21.8. The number of amides is 1. The molecule has 24 heavy (non-hydrogen) atoms. The molecular weight excluding hydrogens is 318 g/mol. The number of pyridine rings is 1. The second-order valence-electron chi connectivity index (χ2n) is 5.70. The largest absolute Gasteiger partial charge is 0.480 e. The number of aromatic nitrogens is 1. The van der Waals surface area contributed by atoms with Crippen molar-refractivity contribution in [2.45, 2.75) is 38.8 Å². The van der Waals surface area contributed by atoms with Gasteiger partial charge in [-0.05, 0) is 32.8 Å². The maximum atomic E-state index is 11.6. The first-order valence-corrected chi connectivity index (χ1v) is 6.90. The summed E-state index contributed by atoms with van der Waals surface area (Å²) in [4.78, 5) is 36.4. The lowest BCUT2D eigenvalue weighted by Crippen LogP contribution is -2.43. The Kier molecular flexibility index (Phi) is 6.23. The van der Waals surface area contributed by atoms with Gasteiger partial charge in [-0.25, -0.2) is 14.6 Å². The van der Waals surface area contributed by atoms with Crippen molar-refractivity contribution in [3.05, 3.63) is 34.1 Å². The number of carbonyl (C=O) groups is 2. The van der Waals surface area contributed by atoms with Crippen LogP contribution in [0.4, 0.5) is 10.5 Å². The van der Waals surface area contributed by atoms with E-state index in [2.05, 4.69) is 22.1 Å². The minimum absolute atomic E-state index is 0.171. The number of aliphatic carboxylic acids is 1. The topological polar surface area (TPSA) is 132 Å². The molecule has 0 saturated heterocycles. The van der Waals surface area contributed by atoms with Crippen molar-refractivity contribution in [1.82, 2.24) is 10.3 Å². The van der Waals surface area contributed by atoms with Crippen LogP contribution in [-0.2, 0) is 9.53 Å². The van der Waals surface area contributed by atoms with Gasteiger partial charge < -0.3 is 15.2 Å². The second kappa shape index (κ2) is 7.92. The molecule has 1 aromatic rings. The first-order valence-electron chi connectivity index (χ1n) is 6.90. The zero-order valence-electron chi connectivity index (χ0n) is 13.4. The molecule has 1 rings (SSSR count). The van der Waals surface area contributed by atoms with Crippen molar-refractivity contribution in [2.75, 3.05) is 0 Å². The summed E-state index contributed by atoms with van der Waals surface area (Å²) in [6, 6.07) is 1.35. The quantitative estimate of drug-likeness (QED) is 0.486. The maximum Gasteiger partial charge on any atom is 0.408 e. The number of nitrogens with zero attached hydrogens (tertiary/aromatic N) is 2. The molecule has 128 valence electrons. The van der Waals surface area contributed by atoms with Crippen LogP contribution in [0.3, 0.4) is 0 Å². The molecule has 0 aliphatic rings. The van der Waals surface area contributed by atoms with Crippen molar-refractivity contribution in [3.8, 4) is 11.8 Å². The highest BCUT2D eigenvalue weighted by Crippen LogP contribution is 2.09. The number of carbonyl (C=O) groups excluding carboxylic acids is 1. The molecule has 0 spiro atoms. The Morgan fingerprint density at radius 1 is 1.46 bits per heavy atom. The summed E-state index contributed by atoms with van der Waals surface area (Å²) in [6.07, 6.45) is 0.0235. The number of nitrogens with one attached hydrogen (secondary N) is 1. The number of hydrogen-bond acceptors (Lipinski definition) is 6. The highest BCUT2D eigenvalue weighted by Gasteiger charge is 2.23. The lowest BCUT2D eigenvalue weighted by atomic mass is 10.2. The van der Waals surface area contributed by atoms with Gasteiger partial charge in [0.05, 0.1) is 4.92 Å². The summed E-state index contributed by atoms with van der Waals surface area (Å²) >= 11 is 0. The third-order valence-corrected chi connectivity index (χ3v) is 2.47. The van der Waals surface area contributed by atoms with Crippen molar-refractivity contribution in [3.63, 3.8) is 0 Å². The van der Waals surface area contributed by atoms with E-state index < -0.39 is 28.6 Å². The summed E-state index contributed by atoms with van der Waals surface area (Å²) in [7, 11) is 0. The van der Waals surface area contributed by atoms with Gasteiger partial charge in [0, 0.05) is 12.5 Å². The number of nitro groups is 1. The minimum atomic E-state index is -1.26. The lowest BCUT2D eigenvalue weighted by Gasteiger charge is -2.21. The smallest absolute Gasteiger partial charge is 0.408 e. The molecule has 1 aromatic heterocycles. The van der Waals surface area contributed by atoms with E-state index in [1.54, 1.807) is 20.8 Å². The average Bonchev–Trinajstić information content (AvgIpc) is 2.44. The number of alkyl carbamates (subject to hydrolysis) is 1. The molecule has 9 heteroatoms. The molecule has 0 radical (unpaired) electrons. The lowest BCUT2D eigenvalue weighted by molar-refractivity contribution is -0.385. The van der Waals surface area contributed by atoms with Crippen molar-refractivity contribution >= 4 is 17.7 Å². The highest BCUT2D eigenvalue weighted by atomic mass is 16.6. The fraction of sp³-hybridized carbons (Fsp3) is 0.400. The Bertz CT molecular complexity index is 682. The van der Waals surface area contributed by atoms with Gasteiger partial charge >= 0.3 is 12.1 Å². The summed E-state index contributed by atoms with van der Waals surface area (Å²) in [5.41, 5.74) is -0.667. The van der Waals surface area contributed by atoms with E-state index in [-0.39, 0.29) is 17.8 Å². The Labute approximate surface area is 138 Å². The predicted molar refractivity (Wildman–Crippen MR) is 83.2 cm³/mol. The molecule has 0 bridgehead atoms. The van der Waals surface area contributed by atoms with Crippen LogP contribution >= 0.6 is 0 Å². The van der Waals surface area contributed by atoms with E-state index >= 15 is 0 Å². The van der Waals surface area contributed by atoms with Crippen molar-refractivity contribution < 1.29 is 24.4 Å².